The molecule has 1 heterocycles. The molecule has 0 aliphatic rings. The molecule has 1 aromatic carbocycles. The molecule has 0 radical (unpaired) electrons. The minimum atomic E-state index is -0.517. The minimum absolute atomic E-state index is 0.0875. The van der Waals surface area contributed by atoms with Crippen LogP contribution in [0.2, 0.25) is 0 Å². The fraction of sp³-hybridized carbons (Fsp3) is 0.100. The highest BCUT2D eigenvalue weighted by Gasteiger charge is 2.16. The molecule has 0 atom stereocenters. The second-order valence-corrected chi connectivity index (χ2v) is 7.72. The number of nitrogen functional groups attached to an aromatic ring is 1. The number of nitrogens with zero attached hydrogens (tertiary/aromatic N) is 3. The number of nitrogens with two attached hydrogens (primary N) is 1. The summed E-state index contributed by atoms with van der Waals surface area (Å²) >= 11 is 8.80. The number of amides is 1. The summed E-state index contributed by atoms with van der Waals surface area (Å²) in [6.45, 7) is 0. The summed E-state index contributed by atoms with van der Waals surface area (Å²) in [4.78, 5) is 22.2. The standard InChI is InChI=1S/C10H7Br2N5O3S2/c11-5-1-4(17(19)20)2-6(12)8(5)14-7(18)3-21-10-16-15-9(13)22-10/h1-2H,3H2,(H2,13,15)(H,14,18). The number of hydrogen-bond acceptors (Lipinski definition) is 8. The molecule has 0 saturated heterocycles. The molecule has 2 rings (SSSR count). The van der Waals surface area contributed by atoms with E-state index in [1.165, 1.54) is 35.2 Å². The Morgan fingerprint density at radius 1 is 1.41 bits per heavy atom. The molecule has 0 spiro atoms. The van der Waals surface area contributed by atoms with Crippen LogP contribution in [0.15, 0.2) is 25.4 Å². The zero-order valence-electron chi connectivity index (χ0n) is 10.6. The predicted molar refractivity (Wildman–Crippen MR) is 92.2 cm³/mol. The van der Waals surface area contributed by atoms with Crippen LogP contribution in [0.5, 0.6) is 0 Å². The lowest BCUT2D eigenvalue weighted by molar-refractivity contribution is -0.385. The van der Waals surface area contributed by atoms with Gasteiger partial charge in [-0.3, -0.25) is 14.9 Å². The van der Waals surface area contributed by atoms with Crippen LogP contribution in [0.3, 0.4) is 0 Å². The maximum Gasteiger partial charge on any atom is 0.271 e. The Labute approximate surface area is 149 Å². The molecular weight excluding hydrogens is 462 g/mol. The van der Waals surface area contributed by atoms with Crippen molar-refractivity contribution in [1.82, 2.24) is 10.2 Å². The number of non-ortho nitro benzene ring substituents is 1. The van der Waals surface area contributed by atoms with Gasteiger partial charge in [-0.1, -0.05) is 23.1 Å². The second-order valence-electron chi connectivity index (χ2n) is 3.78. The number of carbonyl (C=O) groups excluding carboxylic acids is 1. The molecular formula is C10H7Br2N5O3S2. The van der Waals surface area contributed by atoms with Crippen molar-refractivity contribution in [2.24, 2.45) is 0 Å². The van der Waals surface area contributed by atoms with Crippen molar-refractivity contribution >= 4 is 77.4 Å². The lowest BCUT2D eigenvalue weighted by Crippen LogP contribution is -2.15. The van der Waals surface area contributed by atoms with Crippen LogP contribution in [0, 0.1) is 10.1 Å². The van der Waals surface area contributed by atoms with E-state index >= 15 is 0 Å². The van der Waals surface area contributed by atoms with Gasteiger partial charge in [0.1, 0.15) is 0 Å². The summed E-state index contributed by atoms with van der Waals surface area (Å²) in [5, 5.41) is 21.2. The van der Waals surface area contributed by atoms with Crippen molar-refractivity contribution in [3.63, 3.8) is 0 Å². The number of nitrogens with one attached hydrogen (secondary N) is 1. The van der Waals surface area contributed by atoms with Crippen molar-refractivity contribution in [3.05, 3.63) is 31.2 Å². The number of benzene rings is 1. The molecule has 22 heavy (non-hydrogen) atoms. The molecule has 3 N–H and O–H groups in total. The Morgan fingerprint density at radius 2 is 2.05 bits per heavy atom. The molecule has 116 valence electrons. The van der Waals surface area contributed by atoms with Crippen LogP contribution in [0.4, 0.5) is 16.5 Å². The summed E-state index contributed by atoms with van der Waals surface area (Å²) in [6, 6.07) is 2.64. The summed E-state index contributed by atoms with van der Waals surface area (Å²) in [6.07, 6.45) is 0. The third kappa shape index (κ3) is 4.38. The van der Waals surface area contributed by atoms with Gasteiger partial charge in [0.15, 0.2) is 4.34 Å². The molecule has 0 aliphatic heterocycles. The van der Waals surface area contributed by atoms with Crippen LogP contribution >= 0.6 is 55.0 Å². The van der Waals surface area contributed by atoms with Gasteiger partial charge in [-0.05, 0) is 31.9 Å². The molecule has 0 aliphatic carbocycles. The van der Waals surface area contributed by atoms with E-state index in [1.807, 2.05) is 0 Å². The lowest BCUT2D eigenvalue weighted by atomic mass is 10.3. The van der Waals surface area contributed by atoms with Gasteiger partial charge >= 0.3 is 0 Å². The zero-order valence-corrected chi connectivity index (χ0v) is 15.4. The Morgan fingerprint density at radius 3 is 2.55 bits per heavy atom. The summed E-state index contributed by atoms with van der Waals surface area (Å²) < 4.78 is 1.41. The predicted octanol–water partition coefficient (Wildman–Crippen LogP) is 3.28. The third-order valence-corrected chi connectivity index (χ3v) is 5.39. The number of thioether (sulfide) groups is 1. The average Bonchev–Trinajstić information content (AvgIpc) is 2.86. The van der Waals surface area contributed by atoms with E-state index in [0.29, 0.717) is 24.1 Å². The van der Waals surface area contributed by atoms with Crippen LogP contribution in [-0.2, 0) is 4.79 Å². The van der Waals surface area contributed by atoms with Gasteiger partial charge in [-0.2, -0.15) is 0 Å². The number of aromatic nitrogens is 2. The van der Waals surface area contributed by atoms with Crippen molar-refractivity contribution in [1.29, 1.82) is 0 Å². The topological polar surface area (TPSA) is 124 Å². The fourth-order valence-corrected chi connectivity index (χ4v) is 4.16. The average molecular weight is 469 g/mol. The van der Waals surface area contributed by atoms with Crippen LogP contribution in [-0.4, -0.2) is 26.8 Å². The first-order chi connectivity index (χ1) is 10.4. The molecule has 8 nitrogen and oxygen atoms in total. The largest absolute Gasteiger partial charge is 0.374 e. The highest BCUT2D eigenvalue weighted by Crippen LogP contribution is 2.35. The number of nitro benzene ring substituents is 1. The first-order valence-corrected chi connectivity index (χ1v) is 8.90. The van der Waals surface area contributed by atoms with Crippen molar-refractivity contribution in [2.75, 3.05) is 16.8 Å². The summed E-state index contributed by atoms with van der Waals surface area (Å²) in [7, 11) is 0. The van der Waals surface area contributed by atoms with Crippen molar-refractivity contribution < 1.29 is 9.72 Å². The number of halogens is 2. The number of nitro groups is 1. The van der Waals surface area contributed by atoms with Gasteiger partial charge in [-0.15, -0.1) is 10.2 Å². The highest BCUT2D eigenvalue weighted by molar-refractivity contribution is 9.11. The van der Waals surface area contributed by atoms with E-state index in [-0.39, 0.29) is 17.3 Å². The van der Waals surface area contributed by atoms with E-state index < -0.39 is 4.92 Å². The van der Waals surface area contributed by atoms with Crippen LogP contribution in [0.1, 0.15) is 0 Å². The van der Waals surface area contributed by atoms with Gasteiger partial charge in [0, 0.05) is 21.1 Å². The number of hydrogen-bond donors (Lipinski definition) is 2. The molecule has 1 amide bonds. The lowest BCUT2D eigenvalue weighted by Gasteiger charge is -2.09. The third-order valence-electron chi connectivity index (χ3n) is 2.25. The molecule has 0 saturated carbocycles. The summed E-state index contributed by atoms with van der Waals surface area (Å²) in [5.74, 6) is -0.168. The Balaban J connectivity index is 2.03. The first-order valence-electron chi connectivity index (χ1n) is 5.52. The molecule has 0 bridgehead atoms. The van der Waals surface area contributed by atoms with Gasteiger partial charge in [0.2, 0.25) is 11.0 Å². The van der Waals surface area contributed by atoms with Crippen LogP contribution < -0.4 is 11.1 Å². The normalized spacial score (nSPS) is 10.5. The molecule has 1 aromatic heterocycles. The van der Waals surface area contributed by atoms with Gasteiger partial charge in [0.25, 0.3) is 5.69 Å². The van der Waals surface area contributed by atoms with Crippen molar-refractivity contribution in [2.45, 2.75) is 4.34 Å². The van der Waals surface area contributed by atoms with Crippen molar-refractivity contribution in [3.8, 4) is 0 Å². The maximum absolute atomic E-state index is 11.9. The Hall–Kier alpha value is -1.24. The fourth-order valence-electron chi connectivity index (χ4n) is 1.37. The van der Waals surface area contributed by atoms with Crippen LogP contribution in [0.25, 0.3) is 0 Å². The molecule has 2 aromatic rings. The second kappa shape index (κ2) is 7.35. The molecule has 0 unspecified atom stereocenters. The van der Waals surface area contributed by atoms with Gasteiger partial charge in [0.05, 0.1) is 16.4 Å². The first kappa shape index (κ1) is 17.1. The van der Waals surface area contributed by atoms with E-state index in [2.05, 4.69) is 47.4 Å². The van der Waals surface area contributed by atoms with E-state index in [0.717, 1.165) is 0 Å². The smallest absolute Gasteiger partial charge is 0.271 e. The quantitative estimate of drug-likeness (QED) is 0.391. The minimum Gasteiger partial charge on any atom is -0.374 e. The van der Waals surface area contributed by atoms with E-state index in [4.69, 9.17) is 5.73 Å². The molecule has 12 heteroatoms. The Bertz CT molecular complexity index is 716. The van der Waals surface area contributed by atoms with E-state index in [1.54, 1.807) is 0 Å². The maximum atomic E-state index is 11.9. The number of anilines is 2. The van der Waals surface area contributed by atoms with Gasteiger partial charge in [-0.25, -0.2) is 0 Å². The van der Waals surface area contributed by atoms with E-state index in [9.17, 15) is 14.9 Å². The highest BCUT2D eigenvalue weighted by atomic mass is 79.9. The van der Waals surface area contributed by atoms with Gasteiger partial charge < -0.3 is 11.1 Å². The zero-order chi connectivity index (χ0) is 16.3. The number of carbonyl (C=O) groups is 1. The Kier molecular flexibility index (Phi) is 5.72. The SMILES string of the molecule is Nc1nnc(SCC(=O)Nc2c(Br)cc([N+](=O)[O-])cc2Br)s1. The molecule has 0 fully saturated rings. The monoisotopic (exact) mass is 467 g/mol. The summed E-state index contributed by atoms with van der Waals surface area (Å²) in [5.41, 5.74) is 5.79. The number of rotatable bonds is 5.